The molecule has 0 saturated carbocycles. The number of carboxylic acids is 1. The largest absolute Gasteiger partial charge is 0.545 e. The third-order valence-corrected chi connectivity index (χ3v) is 5.34. The summed E-state index contributed by atoms with van der Waals surface area (Å²) in [5.74, 6) is -1.22. The second kappa shape index (κ2) is 8.22. The molecule has 0 bridgehead atoms. The van der Waals surface area contributed by atoms with Crippen LogP contribution in [-0.4, -0.2) is 33.7 Å². The normalized spacial score (nSPS) is 18.1. The number of amidine groups is 1. The predicted molar refractivity (Wildman–Crippen MR) is 106 cm³/mol. The fraction of sp³-hybridized carbons (Fsp3) is 0.190. The first-order chi connectivity index (χ1) is 13.0. The molecule has 0 N–H and O–H groups in total. The minimum Gasteiger partial charge on any atom is -0.545 e. The molecular weight excluding hydrogens is 360 g/mol. The molecule has 1 saturated heterocycles. The molecule has 5 nitrogen and oxygen atoms in total. The van der Waals surface area contributed by atoms with Gasteiger partial charge < -0.3 is 9.90 Å². The first kappa shape index (κ1) is 18.9. The highest BCUT2D eigenvalue weighted by atomic mass is 32.2. The van der Waals surface area contributed by atoms with E-state index in [0.717, 1.165) is 11.1 Å². The first-order valence-corrected chi connectivity index (χ1v) is 9.40. The number of benzene rings is 2. The van der Waals surface area contributed by atoms with Gasteiger partial charge in [-0.3, -0.25) is 9.69 Å². The molecule has 0 radical (unpaired) electrons. The van der Waals surface area contributed by atoms with Crippen molar-refractivity contribution in [2.45, 2.75) is 18.6 Å². The van der Waals surface area contributed by atoms with Gasteiger partial charge in [0.1, 0.15) is 0 Å². The number of thioether (sulfide) groups is 1. The lowest BCUT2D eigenvalue weighted by Gasteiger charge is -2.14. The number of carboxylic acid groups (broad SMARTS) is 1. The minimum absolute atomic E-state index is 0.00603. The van der Waals surface area contributed by atoms with E-state index < -0.39 is 5.97 Å². The van der Waals surface area contributed by atoms with Crippen LogP contribution in [0, 0.1) is 6.92 Å². The van der Waals surface area contributed by atoms with Crippen molar-refractivity contribution in [2.75, 3.05) is 6.54 Å². The van der Waals surface area contributed by atoms with E-state index in [0.29, 0.717) is 23.8 Å². The average molecular weight is 379 g/mol. The van der Waals surface area contributed by atoms with Crippen molar-refractivity contribution in [3.8, 4) is 0 Å². The monoisotopic (exact) mass is 379 g/mol. The van der Waals surface area contributed by atoms with Crippen LogP contribution in [-0.2, 0) is 11.2 Å². The molecule has 138 valence electrons. The Morgan fingerprint density at radius 1 is 1.30 bits per heavy atom. The molecule has 1 unspecified atom stereocenters. The highest BCUT2D eigenvalue weighted by Gasteiger charge is 2.37. The molecule has 0 aliphatic carbocycles. The Bertz CT molecular complexity index is 906. The SMILES string of the molecule is C=CCN1C(=O)C(Cc2cccc(C)c2)SC1=Nc1ccc(C(=O)[O-])cc1. The highest BCUT2D eigenvalue weighted by Crippen LogP contribution is 2.32. The fourth-order valence-corrected chi connectivity index (χ4v) is 4.07. The van der Waals surface area contributed by atoms with Gasteiger partial charge in [0.15, 0.2) is 5.17 Å². The zero-order valence-electron chi connectivity index (χ0n) is 14.9. The lowest BCUT2D eigenvalue weighted by atomic mass is 10.1. The Balaban J connectivity index is 1.84. The van der Waals surface area contributed by atoms with Crippen LogP contribution >= 0.6 is 11.8 Å². The summed E-state index contributed by atoms with van der Waals surface area (Å²) in [6, 6.07) is 14.2. The Hall–Kier alpha value is -2.86. The van der Waals surface area contributed by atoms with E-state index in [-0.39, 0.29) is 16.7 Å². The second-order valence-electron chi connectivity index (χ2n) is 6.27. The molecule has 1 aliphatic heterocycles. The standard InChI is InChI=1S/C21H20N2O3S/c1-3-11-23-19(24)18(13-15-6-4-5-14(2)12-15)27-21(23)22-17-9-7-16(8-10-17)20(25)26/h3-10,12,18H,1,11,13H2,2H3,(H,25,26)/p-1. The minimum atomic E-state index is -1.23. The van der Waals surface area contributed by atoms with Gasteiger partial charge in [-0.2, -0.15) is 0 Å². The number of carbonyl (C=O) groups is 2. The van der Waals surface area contributed by atoms with E-state index in [1.54, 1.807) is 23.1 Å². The van der Waals surface area contributed by atoms with Gasteiger partial charge in [0.2, 0.25) is 5.91 Å². The summed E-state index contributed by atoms with van der Waals surface area (Å²) in [5.41, 5.74) is 2.95. The molecule has 3 rings (SSSR count). The summed E-state index contributed by atoms with van der Waals surface area (Å²) >= 11 is 1.42. The molecular formula is C21H19N2O3S-. The van der Waals surface area contributed by atoms with E-state index in [2.05, 4.69) is 17.6 Å². The average Bonchev–Trinajstić information content (AvgIpc) is 2.91. The molecule has 6 heteroatoms. The van der Waals surface area contributed by atoms with E-state index in [4.69, 9.17) is 0 Å². The fourth-order valence-electron chi connectivity index (χ4n) is 2.86. The lowest BCUT2D eigenvalue weighted by Crippen LogP contribution is -2.32. The summed E-state index contributed by atoms with van der Waals surface area (Å²) in [6.07, 6.45) is 2.30. The summed E-state index contributed by atoms with van der Waals surface area (Å²) in [7, 11) is 0. The van der Waals surface area contributed by atoms with Crippen LogP contribution in [0.3, 0.4) is 0 Å². The van der Waals surface area contributed by atoms with Gasteiger partial charge in [-0.25, -0.2) is 4.99 Å². The third kappa shape index (κ3) is 4.46. The lowest BCUT2D eigenvalue weighted by molar-refractivity contribution is -0.255. The number of nitrogens with zero attached hydrogens (tertiary/aromatic N) is 2. The second-order valence-corrected chi connectivity index (χ2v) is 7.44. The van der Waals surface area contributed by atoms with Crippen molar-refractivity contribution in [3.63, 3.8) is 0 Å². The van der Waals surface area contributed by atoms with Crippen LogP contribution in [0.15, 0.2) is 66.2 Å². The van der Waals surface area contributed by atoms with Crippen LogP contribution in [0.25, 0.3) is 0 Å². The van der Waals surface area contributed by atoms with Crippen molar-refractivity contribution in [1.82, 2.24) is 4.90 Å². The molecule has 27 heavy (non-hydrogen) atoms. The summed E-state index contributed by atoms with van der Waals surface area (Å²) in [6.45, 7) is 6.13. The molecule has 1 heterocycles. The topological polar surface area (TPSA) is 72.8 Å². The van der Waals surface area contributed by atoms with Crippen LogP contribution in [0.4, 0.5) is 5.69 Å². The molecule has 2 aromatic rings. The molecule has 1 fully saturated rings. The van der Waals surface area contributed by atoms with Crippen molar-refractivity contribution >= 4 is 34.5 Å². The van der Waals surface area contributed by atoms with E-state index in [1.807, 2.05) is 25.1 Å². The number of aryl methyl sites for hydroxylation is 1. The van der Waals surface area contributed by atoms with Gasteiger partial charge in [-0.05, 0) is 36.6 Å². The van der Waals surface area contributed by atoms with Crippen LogP contribution in [0.5, 0.6) is 0 Å². The molecule has 0 aromatic heterocycles. The van der Waals surface area contributed by atoms with Crippen LogP contribution in [0.1, 0.15) is 21.5 Å². The van der Waals surface area contributed by atoms with Gasteiger partial charge >= 0.3 is 0 Å². The number of carbonyl (C=O) groups excluding carboxylic acids is 2. The van der Waals surface area contributed by atoms with E-state index in [1.165, 1.54) is 23.9 Å². The number of hydrogen-bond acceptors (Lipinski definition) is 5. The Morgan fingerprint density at radius 2 is 2.04 bits per heavy atom. The maximum atomic E-state index is 12.8. The maximum Gasteiger partial charge on any atom is 0.242 e. The third-order valence-electron chi connectivity index (χ3n) is 4.16. The Labute approximate surface area is 162 Å². The molecule has 0 spiro atoms. The van der Waals surface area contributed by atoms with Crippen molar-refractivity contribution in [1.29, 1.82) is 0 Å². The zero-order valence-corrected chi connectivity index (χ0v) is 15.7. The molecule has 2 aromatic carbocycles. The highest BCUT2D eigenvalue weighted by molar-refractivity contribution is 8.15. The Morgan fingerprint density at radius 3 is 2.67 bits per heavy atom. The Kier molecular flexibility index (Phi) is 5.76. The number of amides is 1. The predicted octanol–water partition coefficient (Wildman–Crippen LogP) is 2.72. The summed E-state index contributed by atoms with van der Waals surface area (Å²) < 4.78 is 0. The molecule has 1 amide bonds. The zero-order chi connectivity index (χ0) is 19.4. The van der Waals surface area contributed by atoms with E-state index >= 15 is 0 Å². The molecule has 1 aliphatic rings. The number of aliphatic imine (C=N–C) groups is 1. The maximum absolute atomic E-state index is 12.8. The first-order valence-electron chi connectivity index (χ1n) is 8.52. The number of rotatable bonds is 6. The van der Waals surface area contributed by atoms with Crippen molar-refractivity contribution in [2.24, 2.45) is 4.99 Å². The number of hydrogen-bond donors (Lipinski definition) is 0. The van der Waals surface area contributed by atoms with Gasteiger partial charge in [0.05, 0.1) is 16.9 Å². The summed E-state index contributed by atoms with van der Waals surface area (Å²) in [5, 5.41) is 11.2. The van der Waals surface area contributed by atoms with E-state index in [9.17, 15) is 14.7 Å². The summed E-state index contributed by atoms with van der Waals surface area (Å²) in [4.78, 5) is 29.8. The van der Waals surface area contributed by atoms with Gasteiger partial charge in [-0.15, -0.1) is 6.58 Å². The number of aromatic carboxylic acids is 1. The van der Waals surface area contributed by atoms with Crippen LogP contribution < -0.4 is 5.11 Å². The van der Waals surface area contributed by atoms with Crippen molar-refractivity contribution < 1.29 is 14.7 Å². The van der Waals surface area contributed by atoms with Gasteiger partial charge in [0.25, 0.3) is 0 Å². The smallest absolute Gasteiger partial charge is 0.242 e. The molecule has 1 atom stereocenters. The van der Waals surface area contributed by atoms with Crippen LogP contribution in [0.2, 0.25) is 0 Å². The van der Waals surface area contributed by atoms with Crippen molar-refractivity contribution in [3.05, 3.63) is 77.9 Å². The van der Waals surface area contributed by atoms with Gasteiger partial charge in [-0.1, -0.05) is 59.8 Å². The quantitative estimate of drug-likeness (QED) is 0.724. The van der Waals surface area contributed by atoms with Gasteiger partial charge in [0, 0.05) is 6.54 Å².